The highest BCUT2D eigenvalue weighted by Gasteiger charge is 2.43. The average molecular weight is 548 g/mol. The number of nitrogens with one attached hydrogen (secondary N) is 2. The number of ether oxygens (including phenoxy) is 2. The second-order valence-electron chi connectivity index (χ2n) is 11.8. The Morgan fingerprint density at radius 2 is 1.62 bits per heavy atom. The van der Waals surface area contributed by atoms with Crippen LogP contribution in [0.25, 0.3) is 0 Å². The molecule has 9 nitrogen and oxygen atoms in total. The molecule has 2 unspecified atom stereocenters. The maximum atomic E-state index is 14.4. The summed E-state index contributed by atoms with van der Waals surface area (Å²) >= 11 is 0. The number of hydrogen-bond acceptors (Lipinski definition) is 6. The van der Waals surface area contributed by atoms with E-state index in [1.54, 1.807) is 32.6 Å². The Morgan fingerprint density at radius 3 is 2.13 bits per heavy atom. The standard InChI is InChI=1S/C30H49N3O6/c1-11-30(9,10)33(27(36)23(19-20(3)4)32-28(37)39-29(6,7)8)25(22-16-14-13-15-21(22)5)26(35)31-18-17-24(34)38-12-2/h13-16,20,23,25H,11-12,17-19H2,1-10H3,(H,31,35)(H,32,37). The summed E-state index contributed by atoms with van der Waals surface area (Å²) in [4.78, 5) is 54.4. The van der Waals surface area contributed by atoms with Crippen molar-refractivity contribution in [2.45, 2.75) is 112 Å². The van der Waals surface area contributed by atoms with Gasteiger partial charge in [-0.15, -0.1) is 0 Å². The van der Waals surface area contributed by atoms with Crippen LogP contribution in [0.2, 0.25) is 0 Å². The predicted octanol–water partition coefficient (Wildman–Crippen LogP) is 5.06. The summed E-state index contributed by atoms with van der Waals surface area (Å²) in [5, 5.41) is 5.60. The first-order valence-corrected chi connectivity index (χ1v) is 13.9. The monoisotopic (exact) mass is 547 g/mol. The quantitative estimate of drug-likeness (QED) is 0.334. The van der Waals surface area contributed by atoms with E-state index < -0.39 is 41.2 Å². The van der Waals surface area contributed by atoms with E-state index in [4.69, 9.17) is 9.47 Å². The number of aryl methyl sites for hydroxylation is 1. The molecule has 0 aliphatic heterocycles. The summed E-state index contributed by atoms with van der Waals surface area (Å²) in [5.74, 6) is -1.12. The number of benzene rings is 1. The van der Waals surface area contributed by atoms with E-state index in [0.717, 1.165) is 5.56 Å². The third kappa shape index (κ3) is 10.9. The minimum atomic E-state index is -0.994. The summed E-state index contributed by atoms with van der Waals surface area (Å²) < 4.78 is 10.4. The summed E-state index contributed by atoms with van der Waals surface area (Å²) in [7, 11) is 0. The van der Waals surface area contributed by atoms with Crippen LogP contribution < -0.4 is 10.6 Å². The Bertz CT molecular complexity index is 983. The third-order valence-electron chi connectivity index (χ3n) is 6.37. The molecule has 0 aliphatic carbocycles. The van der Waals surface area contributed by atoms with Crippen LogP contribution >= 0.6 is 0 Å². The maximum Gasteiger partial charge on any atom is 0.408 e. The molecule has 0 aliphatic rings. The molecule has 9 heteroatoms. The number of nitrogens with zero attached hydrogens (tertiary/aromatic N) is 1. The Hall–Kier alpha value is -3.10. The van der Waals surface area contributed by atoms with E-state index >= 15 is 0 Å². The van der Waals surface area contributed by atoms with Crippen LogP contribution in [0.5, 0.6) is 0 Å². The second kappa shape index (κ2) is 14.9. The zero-order chi connectivity index (χ0) is 30.0. The lowest BCUT2D eigenvalue weighted by molar-refractivity contribution is -0.150. The molecule has 0 aromatic heterocycles. The van der Waals surface area contributed by atoms with Crippen molar-refractivity contribution in [2.75, 3.05) is 13.2 Å². The normalized spacial score (nSPS) is 13.3. The highest BCUT2D eigenvalue weighted by molar-refractivity contribution is 5.93. The molecule has 39 heavy (non-hydrogen) atoms. The first kappa shape index (κ1) is 33.9. The molecule has 0 radical (unpaired) electrons. The first-order valence-electron chi connectivity index (χ1n) is 13.9. The van der Waals surface area contributed by atoms with E-state index in [9.17, 15) is 19.2 Å². The van der Waals surface area contributed by atoms with E-state index in [1.165, 1.54) is 0 Å². The van der Waals surface area contributed by atoms with Gasteiger partial charge in [0.15, 0.2) is 0 Å². The molecule has 3 amide bonds. The summed E-state index contributed by atoms with van der Waals surface area (Å²) in [5.41, 5.74) is 0.0168. The van der Waals surface area contributed by atoms with E-state index in [0.29, 0.717) is 18.4 Å². The molecule has 220 valence electrons. The molecule has 1 aromatic rings. The number of rotatable bonds is 13. The minimum absolute atomic E-state index is 0.0152. The van der Waals surface area contributed by atoms with Crippen molar-refractivity contribution in [1.29, 1.82) is 0 Å². The smallest absolute Gasteiger partial charge is 0.408 e. The number of hydrogen-bond donors (Lipinski definition) is 2. The van der Waals surface area contributed by atoms with Crippen molar-refractivity contribution in [3.8, 4) is 0 Å². The molecule has 0 bridgehead atoms. The fourth-order valence-corrected chi connectivity index (χ4v) is 4.16. The SMILES string of the molecule is CCOC(=O)CCNC(=O)C(c1ccccc1C)N(C(=O)C(CC(C)C)NC(=O)OC(C)(C)C)C(C)(C)CC. The summed E-state index contributed by atoms with van der Waals surface area (Å²) in [6.45, 7) is 18.9. The Kier molecular flexibility index (Phi) is 13.0. The molecule has 0 saturated heterocycles. The first-order chi connectivity index (χ1) is 18.0. The topological polar surface area (TPSA) is 114 Å². The van der Waals surface area contributed by atoms with Crippen LogP contribution in [0.3, 0.4) is 0 Å². The molecule has 2 N–H and O–H groups in total. The largest absolute Gasteiger partial charge is 0.466 e. The Labute approximate surface area is 234 Å². The molecule has 0 fully saturated rings. The molecular formula is C30H49N3O6. The van der Waals surface area contributed by atoms with Crippen molar-refractivity contribution in [3.05, 3.63) is 35.4 Å². The van der Waals surface area contributed by atoms with Crippen molar-refractivity contribution in [1.82, 2.24) is 15.5 Å². The van der Waals surface area contributed by atoms with Gasteiger partial charge in [0.1, 0.15) is 17.7 Å². The Morgan fingerprint density at radius 1 is 1.00 bits per heavy atom. The van der Waals surface area contributed by atoms with Crippen LogP contribution in [-0.2, 0) is 23.9 Å². The molecule has 1 rings (SSSR count). The van der Waals surface area contributed by atoms with Crippen LogP contribution in [0.1, 0.15) is 98.7 Å². The molecular weight excluding hydrogens is 498 g/mol. The number of carbonyl (C=O) groups is 4. The summed E-state index contributed by atoms with van der Waals surface area (Å²) in [6, 6.07) is 5.51. The Balaban J connectivity index is 3.57. The van der Waals surface area contributed by atoms with Gasteiger partial charge < -0.3 is 25.0 Å². The van der Waals surface area contributed by atoms with Crippen LogP contribution in [0.15, 0.2) is 24.3 Å². The molecule has 1 aromatic carbocycles. The zero-order valence-corrected chi connectivity index (χ0v) is 25.5. The average Bonchev–Trinajstić information content (AvgIpc) is 2.80. The number of esters is 1. The predicted molar refractivity (Wildman–Crippen MR) is 152 cm³/mol. The fraction of sp³-hybridized carbons (Fsp3) is 0.667. The number of carbonyl (C=O) groups excluding carboxylic acids is 4. The van der Waals surface area contributed by atoms with Gasteiger partial charge in [0.2, 0.25) is 11.8 Å². The van der Waals surface area contributed by atoms with E-state index in [-0.39, 0.29) is 31.4 Å². The maximum absolute atomic E-state index is 14.4. The van der Waals surface area contributed by atoms with Gasteiger partial charge in [-0.05, 0) is 78.4 Å². The van der Waals surface area contributed by atoms with Gasteiger partial charge in [-0.3, -0.25) is 14.4 Å². The van der Waals surface area contributed by atoms with Gasteiger partial charge in [-0.25, -0.2) is 4.79 Å². The van der Waals surface area contributed by atoms with Crippen LogP contribution in [0.4, 0.5) is 4.79 Å². The zero-order valence-electron chi connectivity index (χ0n) is 25.5. The lowest BCUT2D eigenvalue weighted by Crippen LogP contribution is -2.59. The highest BCUT2D eigenvalue weighted by Crippen LogP contribution is 2.34. The molecule has 2 atom stereocenters. The number of amides is 3. The molecule has 0 spiro atoms. The minimum Gasteiger partial charge on any atom is -0.466 e. The summed E-state index contributed by atoms with van der Waals surface area (Å²) in [6.07, 6.45) is 0.237. The van der Waals surface area contributed by atoms with Crippen molar-refractivity contribution < 1.29 is 28.7 Å². The second-order valence-corrected chi connectivity index (χ2v) is 11.8. The van der Waals surface area contributed by atoms with E-state index in [2.05, 4.69) is 10.6 Å². The number of alkyl carbamates (subject to hydrolysis) is 1. The van der Waals surface area contributed by atoms with Gasteiger partial charge in [-0.2, -0.15) is 0 Å². The van der Waals surface area contributed by atoms with Gasteiger partial charge in [-0.1, -0.05) is 45.0 Å². The van der Waals surface area contributed by atoms with Crippen LogP contribution in [-0.4, -0.2) is 59.1 Å². The lowest BCUT2D eigenvalue weighted by atomic mass is 9.89. The van der Waals surface area contributed by atoms with Gasteiger partial charge in [0.25, 0.3) is 0 Å². The molecule has 0 saturated carbocycles. The lowest BCUT2D eigenvalue weighted by Gasteiger charge is -2.45. The van der Waals surface area contributed by atoms with Gasteiger partial charge in [0.05, 0.1) is 13.0 Å². The van der Waals surface area contributed by atoms with Gasteiger partial charge >= 0.3 is 12.1 Å². The van der Waals surface area contributed by atoms with Gasteiger partial charge in [0, 0.05) is 12.1 Å². The highest BCUT2D eigenvalue weighted by atomic mass is 16.6. The third-order valence-corrected chi connectivity index (χ3v) is 6.37. The molecule has 0 heterocycles. The fourth-order valence-electron chi connectivity index (χ4n) is 4.16. The van der Waals surface area contributed by atoms with Crippen molar-refractivity contribution >= 4 is 23.9 Å². The van der Waals surface area contributed by atoms with Crippen LogP contribution in [0, 0.1) is 12.8 Å². The van der Waals surface area contributed by atoms with Crippen molar-refractivity contribution in [2.24, 2.45) is 5.92 Å². The van der Waals surface area contributed by atoms with Crippen molar-refractivity contribution in [3.63, 3.8) is 0 Å². The van der Waals surface area contributed by atoms with E-state index in [1.807, 2.05) is 65.8 Å².